The van der Waals surface area contributed by atoms with Gasteiger partial charge in [-0.1, -0.05) is 0 Å². The fraction of sp³-hybridized carbons (Fsp3) is 0.400. The van der Waals surface area contributed by atoms with Gasteiger partial charge < -0.3 is 34.0 Å². The van der Waals surface area contributed by atoms with Gasteiger partial charge in [0.05, 0.1) is 0 Å². The molecule has 1 aromatic carbocycles. The molecule has 23 heavy (non-hydrogen) atoms. The predicted molar refractivity (Wildman–Crippen MR) is 87.9 cm³/mol. The van der Waals surface area contributed by atoms with Gasteiger partial charge in [0, 0.05) is 0 Å². The maximum absolute atomic E-state index is 2.51. The molecule has 2 aliphatic carbocycles. The number of hydrogen-bond donors (Lipinski definition) is 0. The first kappa shape index (κ1) is 21.3. The SMILES string of the molecule is CC1=Cc2ccccc2[CH]1[Zr+2][C]1(C)C(C)=C(C)C(C)=C1C.[Br-].[Br-]. The number of rotatable bonds is 2. The van der Waals surface area contributed by atoms with Gasteiger partial charge in [0.25, 0.3) is 0 Å². The molecule has 0 bridgehead atoms. The first-order valence-corrected chi connectivity index (χ1v) is 10.4. The molecule has 1 unspecified atom stereocenters. The van der Waals surface area contributed by atoms with Gasteiger partial charge >= 0.3 is 141 Å². The van der Waals surface area contributed by atoms with Gasteiger partial charge in [-0.15, -0.1) is 0 Å². The van der Waals surface area contributed by atoms with Crippen LogP contribution in [0, 0.1) is 0 Å². The first-order valence-electron chi connectivity index (χ1n) is 7.77. The molecule has 0 nitrogen and oxygen atoms in total. The maximum Gasteiger partial charge on any atom is -1.00 e. The fourth-order valence-electron chi connectivity index (χ4n) is 3.77. The number of fused-ring (bicyclic) bond motifs is 1. The van der Waals surface area contributed by atoms with Crippen LogP contribution in [0.15, 0.2) is 52.1 Å². The summed E-state index contributed by atoms with van der Waals surface area (Å²) in [5.74, 6) is 0. The van der Waals surface area contributed by atoms with Crippen LogP contribution >= 0.6 is 0 Å². The van der Waals surface area contributed by atoms with Crippen LogP contribution in [0.1, 0.15) is 56.3 Å². The van der Waals surface area contributed by atoms with Crippen LogP contribution in [-0.2, 0) is 23.2 Å². The van der Waals surface area contributed by atoms with Crippen molar-refractivity contribution < 1.29 is 57.2 Å². The molecule has 3 rings (SSSR count). The third kappa shape index (κ3) is 3.35. The first-order chi connectivity index (χ1) is 9.86. The Morgan fingerprint density at radius 1 is 0.870 bits per heavy atom. The standard InChI is InChI=1S/C10H9.C10H15.2BrH.Zr/c1-8-6-9-4-2-3-5-10(9)7-8;1-6-7(2)9(4)10(5)8(6)3;;;/h2-7H,1H3;1-5H3;2*1H;/q;;;;+2/p-2. The molecule has 0 aliphatic heterocycles. The van der Waals surface area contributed by atoms with E-state index in [1.165, 1.54) is 5.56 Å². The maximum atomic E-state index is 2.51. The van der Waals surface area contributed by atoms with E-state index in [1.807, 2.05) is 0 Å². The Morgan fingerprint density at radius 3 is 1.96 bits per heavy atom. The molecule has 0 N–H and O–H groups in total. The van der Waals surface area contributed by atoms with Crippen molar-refractivity contribution in [2.75, 3.05) is 0 Å². The summed E-state index contributed by atoms with van der Waals surface area (Å²) in [6.07, 6.45) is 2.41. The van der Waals surface area contributed by atoms with E-state index in [1.54, 1.807) is 33.4 Å². The van der Waals surface area contributed by atoms with Crippen LogP contribution in [0.3, 0.4) is 0 Å². The Hall–Kier alpha value is 0.283. The minimum atomic E-state index is -0.672. The second-order valence-corrected chi connectivity index (χ2v) is 11.3. The summed E-state index contributed by atoms with van der Waals surface area (Å²) in [7, 11) is 0. The monoisotopic (exact) mass is 512 g/mol. The van der Waals surface area contributed by atoms with Crippen molar-refractivity contribution in [1.82, 2.24) is 0 Å². The number of allylic oxidation sites excluding steroid dienone is 5. The van der Waals surface area contributed by atoms with Crippen molar-refractivity contribution in [3.05, 3.63) is 63.3 Å². The van der Waals surface area contributed by atoms with E-state index in [2.05, 4.69) is 71.9 Å². The molecule has 122 valence electrons. The van der Waals surface area contributed by atoms with Crippen molar-refractivity contribution in [1.29, 1.82) is 0 Å². The predicted octanol–water partition coefficient (Wildman–Crippen LogP) is 0.100. The van der Waals surface area contributed by atoms with Crippen LogP contribution in [-0.4, -0.2) is 0 Å². The molecule has 1 aromatic rings. The number of benzene rings is 1. The molecular formula is C20H24Br2Zr. The van der Waals surface area contributed by atoms with Crippen molar-refractivity contribution in [3.8, 4) is 0 Å². The average Bonchev–Trinajstić information content (AvgIpc) is 2.85. The Kier molecular flexibility index (Phi) is 7.11. The van der Waals surface area contributed by atoms with Gasteiger partial charge in [0.2, 0.25) is 0 Å². The molecule has 3 heteroatoms. The minimum absolute atomic E-state index is 0. The molecular weight excluding hydrogens is 491 g/mol. The van der Waals surface area contributed by atoms with E-state index in [0.717, 1.165) is 3.63 Å². The average molecular weight is 515 g/mol. The van der Waals surface area contributed by atoms with E-state index < -0.39 is 23.2 Å². The summed E-state index contributed by atoms with van der Waals surface area (Å²) in [5, 5.41) is 0. The second-order valence-electron chi connectivity index (χ2n) is 6.72. The van der Waals surface area contributed by atoms with Crippen molar-refractivity contribution in [2.45, 2.75) is 48.3 Å². The van der Waals surface area contributed by atoms with Gasteiger partial charge in [0.15, 0.2) is 0 Å². The zero-order valence-corrected chi connectivity index (χ0v) is 20.4. The van der Waals surface area contributed by atoms with Gasteiger partial charge in [-0.2, -0.15) is 0 Å². The number of hydrogen-bond acceptors (Lipinski definition) is 0. The van der Waals surface area contributed by atoms with Crippen molar-refractivity contribution in [2.24, 2.45) is 0 Å². The fourth-order valence-corrected chi connectivity index (χ4v) is 8.97. The normalized spacial score (nSPS) is 21.3. The molecule has 2 aliphatic rings. The molecule has 0 heterocycles. The zero-order valence-electron chi connectivity index (χ0n) is 14.7. The van der Waals surface area contributed by atoms with Crippen LogP contribution in [0.2, 0.25) is 3.12 Å². The van der Waals surface area contributed by atoms with Gasteiger partial charge in [0.1, 0.15) is 0 Å². The summed E-state index contributed by atoms with van der Waals surface area (Å²) in [4.78, 5) is 0. The Labute approximate surface area is 173 Å². The van der Waals surface area contributed by atoms with Crippen LogP contribution in [0.4, 0.5) is 0 Å². The van der Waals surface area contributed by atoms with Gasteiger partial charge in [-0.25, -0.2) is 0 Å². The number of halogens is 2. The van der Waals surface area contributed by atoms with E-state index >= 15 is 0 Å². The quantitative estimate of drug-likeness (QED) is 0.525. The summed E-state index contributed by atoms with van der Waals surface area (Å²) in [6, 6.07) is 9.00. The van der Waals surface area contributed by atoms with E-state index in [-0.39, 0.29) is 34.0 Å². The van der Waals surface area contributed by atoms with E-state index in [4.69, 9.17) is 0 Å². The topological polar surface area (TPSA) is 0 Å². The summed E-state index contributed by atoms with van der Waals surface area (Å²) in [6.45, 7) is 14.2. The Balaban J connectivity index is 0.00000132. The molecule has 0 saturated heterocycles. The molecule has 0 saturated carbocycles. The Morgan fingerprint density at radius 2 is 1.39 bits per heavy atom. The third-order valence-corrected chi connectivity index (χ3v) is 11.6. The second kappa shape index (κ2) is 7.67. The van der Waals surface area contributed by atoms with Gasteiger partial charge in [-0.3, -0.25) is 0 Å². The summed E-state index contributed by atoms with van der Waals surface area (Å²) >= 11 is -0.672. The van der Waals surface area contributed by atoms with Gasteiger partial charge in [-0.05, 0) is 0 Å². The van der Waals surface area contributed by atoms with Crippen LogP contribution in [0.5, 0.6) is 0 Å². The zero-order chi connectivity index (χ0) is 15.4. The van der Waals surface area contributed by atoms with Crippen molar-refractivity contribution in [3.63, 3.8) is 0 Å². The smallest absolute Gasteiger partial charge is 1.00 e. The molecule has 1 atom stereocenters. The molecule has 0 fully saturated rings. The van der Waals surface area contributed by atoms with Crippen LogP contribution in [0.25, 0.3) is 6.08 Å². The largest absolute Gasteiger partial charge is 1.00 e. The Bertz CT molecular complexity index is 686. The molecule has 0 radical (unpaired) electrons. The third-order valence-electron chi connectivity index (χ3n) is 5.77. The van der Waals surface area contributed by atoms with Crippen LogP contribution < -0.4 is 34.0 Å². The van der Waals surface area contributed by atoms with E-state index in [9.17, 15) is 0 Å². The molecule has 0 amide bonds. The van der Waals surface area contributed by atoms with Crippen molar-refractivity contribution >= 4 is 6.08 Å². The summed E-state index contributed by atoms with van der Waals surface area (Å²) < 4.78 is 1.12. The molecule has 0 spiro atoms. The van der Waals surface area contributed by atoms with E-state index in [0.29, 0.717) is 3.12 Å². The summed E-state index contributed by atoms with van der Waals surface area (Å²) in [5.41, 5.74) is 11.0. The minimum Gasteiger partial charge on any atom is -1.00 e. The molecule has 0 aromatic heterocycles.